The molecule has 0 fully saturated rings. The van der Waals surface area contributed by atoms with Crippen LogP contribution in [0.5, 0.6) is 0 Å². The molecule has 170 valence electrons. The van der Waals surface area contributed by atoms with Crippen molar-refractivity contribution in [2.75, 3.05) is 0 Å². The van der Waals surface area contributed by atoms with Gasteiger partial charge >= 0.3 is 0 Å². The number of aromatic nitrogens is 2. The third kappa shape index (κ3) is 11.1. The third-order valence-electron chi connectivity index (χ3n) is 3.56. The molecule has 0 amide bonds. The Labute approximate surface area is 229 Å². The van der Waals surface area contributed by atoms with Crippen LogP contribution in [0.3, 0.4) is 0 Å². The van der Waals surface area contributed by atoms with Gasteiger partial charge in [-0.15, -0.1) is 49.6 Å². The summed E-state index contributed by atoms with van der Waals surface area (Å²) in [6.07, 6.45) is 7.07. The molecule has 1 aromatic carbocycles. The predicted molar refractivity (Wildman–Crippen MR) is 128 cm³/mol. The quantitative estimate of drug-likeness (QED) is 0.242. The minimum Gasteiger partial charge on any atom is -0.255 e. The van der Waals surface area contributed by atoms with Crippen LogP contribution in [0.1, 0.15) is 22.5 Å². The van der Waals surface area contributed by atoms with E-state index in [1.54, 1.807) is 24.8 Å². The average Bonchev–Trinajstić information content (AvgIpc) is 2.62. The molecule has 0 saturated carbocycles. The van der Waals surface area contributed by atoms with Crippen LogP contribution in [-0.2, 0) is 40.8 Å². The van der Waals surface area contributed by atoms with Gasteiger partial charge in [0.2, 0.25) is 0 Å². The largest absolute Gasteiger partial charge is 0.255 e. The molecule has 0 radical (unpaired) electrons. The molecule has 2 heterocycles. The van der Waals surface area contributed by atoms with E-state index in [9.17, 15) is 0 Å². The molecule has 0 saturated heterocycles. The van der Waals surface area contributed by atoms with E-state index in [2.05, 4.69) is 20.0 Å². The van der Waals surface area contributed by atoms with Gasteiger partial charge in [-0.05, 0) is 61.4 Å². The third-order valence-corrected chi connectivity index (χ3v) is 3.56. The van der Waals surface area contributed by atoms with Crippen molar-refractivity contribution in [3.8, 4) is 0 Å². The topological polar surface area (TPSA) is 50.5 Å². The van der Waals surface area contributed by atoms with Gasteiger partial charge in [-0.2, -0.15) is 0 Å². The molecule has 0 aliphatic heterocycles. The number of aryl methyl sites for hydroxylation is 2. The van der Waals surface area contributed by atoms with Crippen LogP contribution in [0.25, 0.3) is 0 Å². The van der Waals surface area contributed by atoms with Crippen LogP contribution >= 0.6 is 49.6 Å². The monoisotopic (exact) mass is 670 g/mol. The fourth-order valence-electron chi connectivity index (χ4n) is 2.24. The summed E-state index contributed by atoms with van der Waals surface area (Å²) in [7, 11) is 0. The van der Waals surface area contributed by atoms with Crippen LogP contribution in [-0.4, -0.2) is 22.4 Å². The summed E-state index contributed by atoms with van der Waals surface area (Å²) in [6.45, 7) is 4.06. The standard InChI is InChI=1S/C20H18N4.4ClH.2Pd/c1-15-11-20(24-14-18-8-4-6-10-22-18)16(2)12-19(15)23-13-17-7-3-5-9-21-17;;;;;;/h3-14H,1-2H3;4*1H;;. The Morgan fingerprint density at radius 1 is 0.633 bits per heavy atom. The maximum atomic E-state index is 4.54. The summed E-state index contributed by atoms with van der Waals surface area (Å²) in [5.41, 5.74) is 5.67. The molecule has 3 rings (SSSR count). The number of benzene rings is 1. The Bertz CT molecular complexity index is 821. The molecule has 0 atom stereocenters. The molecule has 0 unspecified atom stereocenters. The maximum Gasteiger partial charge on any atom is 0.0812 e. The van der Waals surface area contributed by atoms with E-state index in [1.165, 1.54) is 0 Å². The van der Waals surface area contributed by atoms with Crippen molar-refractivity contribution in [1.82, 2.24) is 9.97 Å². The normalized spacial score (nSPS) is 9.13. The fraction of sp³-hybridized carbons (Fsp3) is 0.100. The number of aliphatic imine (C=N–C) groups is 2. The fourth-order valence-corrected chi connectivity index (χ4v) is 2.24. The van der Waals surface area contributed by atoms with E-state index < -0.39 is 0 Å². The molecule has 0 N–H and O–H groups in total. The Kier molecular flexibility index (Phi) is 23.3. The molecule has 30 heavy (non-hydrogen) atoms. The van der Waals surface area contributed by atoms with Crippen molar-refractivity contribution in [2.24, 2.45) is 9.98 Å². The van der Waals surface area contributed by atoms with Crippen LogP contribution in [0, 0.1) is 13.8 Å². The first-order valence-corrected chi connectivity index (χ1v) is 7.74. The molecular formula is C20H22Cl4N4Pd2. The first kappa shape index (κ1) is 36.7. The van der Waals surface area contributed by atoms with E-state index >= 15 is 0 Å². The second kappa shape index (κ2) is 19.1. The maximum absolute atomic E-state index is 4.54. The minimum atomic E-state index is 0. The van der Waals surface area contributed by atoms with Crippen LogP contribution in [0.4, 0.5) is 11.4 Å². The van der Waals surface area contributed by atoms with E-state index in [4.69, 9.17) is 0 Å². The van der Waals surface area contributed by atoms with Gasteiger partial charge in [-0.3, -0.25) is 20.0 Å². The Morgan fingerprint density at radius 2 is 1.00 bits per heavy atom. The van der Waals surface area contributed by atoms with Gasteiger partial charge in [-0.1, -0.05) is 12.1 Å². The van der Waals surface area contributed by atoms with E-state index in [1.807, 2.05) is 62.4 Å². The second-order valence-corrected chi connectivity index (χ2v) is 5.45. The molecule has 3 aromatic rings. The van der Waals surface area contributed by atoms with Crippen molar-refractivity contribution in [2.45, 2.75) is 13.8 Å². The smallest absolute Gasteiger partial charge is 0.0812 e. The van der Waals surface area contributed by atoms with Gasteiger partial charge in [-0.25, -0.2) is 0 Å². The summed E-state index contributed by atoms with van der Waals surface area (Å²) in [5, 5.41) is 0. The number of hydrogen-bond donors (Lipinski definition) is 0. The number of rotatable bonds is 4. The van der Waals surface area contributed by atoms with Gasteiger partial charge < -0.3 is 0 Å². The zero-order valence-corrected chi connectivity index (χ0v) is 22.4. The average molecular weight is 673 g/mol. The Morgan fingerprint density at radius 3 is 1.30 bits per heavy atom. The summed E-state index contributed by atoms with van der Waals surface area (Å²) in [5.74, 6) is 0. The molecule has 0 aliphatic carbocycles. The SMILES string of the molecule is Cc1cc(N=Cc2ccccn2)c(C)cc1N=Cc1ccccn1.Cl.Cl.Cl.Cl.[Pd].[Pd]. The van der Waals surface area contributed by atoms with Gasteiger partial charge in [0.15, 0.2) is 0 Å². The Balaban J connectivity index is -0.000000563. The first-order valence-electron chi connectivity index (χ1n) is 7.74. The van der Waals surface area contributed by atoms with Crippen molar-refractivity contribution in [3.05, 3.63) is 83.4 Å². The first-order chi connectivity index (χ1) is 11.7. The number of hydrogen-bond acceptors (Lipinski definition) is 4. The van der Waals surface area contributed by atoms with Gasteiger partial charge in [0.05, 0.1) is 35.2 Å². The van der Waals surface area contributed by atoms with Crippen molar-refractivity contribution in [3.63, 3.8) is 0 Å². The summed E-state index contributed by atoms with van der Waals surface area (Å²) >= 11 is 0. The zero-order chi connectivity index (χ0) is 16.8. The second-order valence-electron chi connectivity index (χ2n) is 5.45. The number of pyridine rings is 2. The minimum absolute atomic E-state index is 0. The molecule has 0 aliphatic rings. The summed E-state index contributed by atoms with van der Waals surface area (Å²) in [4.78, 5) is 17.6. The molecule has 2 aromatic heterocycles. The zero-order valence-electron chi connectivity index (χ0n) is 16.0. The van der Waals surface area contributed by atoms with Gasteiger partial charge in [0, 0.05) is 53.2 Å². The summed E-state index contributed by atoms with van der Waals surface area (Å²) < 4.78 is 0. The van der Waals surface area contributed by atoms with Crippen LogP contribution < -0.4 is 0 Å². The number of halogens is 4. The van der Waals surface area contributed by atoms with Crippen LogP contribution in [0.2, 0.25) is 0 Å². The van der Waals surface area contributed by atoms with Crippen molar-refractivity contribution >= 4 is 73.4 Å². The molecular weight excluding hydrogens is 651 g/mol. The van der Waals surface area contributed by atoms with E-state index in [0.29, 0.717) is 0 Å². The Hall–Kier alpha value is -0.655. The van der Waals surface area contributed by atoms with Crippen molar-refractivity contribution < 1.29 is 40.8 Å². The van der Waals surface area contributed by atoms with Crippen molar-refractivity contribution in [1.29, 1.82) is 0 Å². The number of nitrogens with zero attached hydrogens (tertiary/aromatic N) is 4. The van der Waals surface area contributed by atoms with Crippen LogP contribution in [0.15, 0.2) is 70.9 Å². The summed E-state index contributed by atoms with van der Waals surface area (Å²) in [6, 6.07) is 15.6. The molecule has 0 bridgehead atoms. The van der Waals surface area contributed by atoms with E-state index in [-0.39, 0.29) is 90.5 Å². The molecule has 0 spiro atoms. The van der Waals surface area contributed by atoms with Gasteiger partial charge in [0.1, 0.15) is 0 Å². The molecule has 10 heteroatoms. The molecule has 4 nitrogen and oxygen atoms in total. The van der Waals surface area contributed by atoms with E-state index in [0.717, 1.165) is 33.9 Å². The van der Waals surface area contributed by atoms with Gasteiger partial charge in [0.25, 0.3) is 0 Å². The predicted octanol–water partition coefficient (Wildman–Crippen LogP) is 6.28.